The van der Waals surface area contributed by atoms with Crippen molar-refractivity contribution in [2.24, 2.45) is 0 Å². The molecule has 0 unspecified atom stereocenters. The molecule has 0 fully saturated rings. The van der Waals surface area contributed by atoms with E-state index in [2.05, 4.69) is 10.6 Å². The second kappa shape index (κ2) is 5.84. The van der Waals surface area contributed by atoms with Crippen LogP contribution in [0.4, 0.5) is 10.5 Å². The zero-order valence-corrected chi connectivity index (χ0v) is 11.7. The average molecular weight is 264 g/mol. The standard InChI is InChI=1S/C14H20N2O3/c1-9-7-11(5-6-12(9)10(2)18)15-13(19)16-14(3,4)8-17/h5-7,17H,8H2,1-4H3,(H2,15,16,19). The van der Waals surface area contributed by atoms with Gasteiger partial charge in [0.25, 0.3) is 0 Å². The summed E-state index contributed by atoms with van der Waals surface area (Å²) in [5.74, 6) is -0.00471. The summed E-state index contributed by atoms with van der Waals surface area (Å²) in [6, 6.07) is 4.70. The minimum absolute atomic E-state index is 0.00471. The van der Waals surface area contributed by atoms with Crippen molar-refractivity contribution in [1.82, 2.24) is 5.32 Å². The van der Waals surface area contributed by atoms with Crippen LogP contribution in [0.25, 0.3) is 0 Å². The molecule has 0 aromatic heterocycles. The Kier molecular flexibility index (Phi) is 4.67. The van der Waals surface area contributed by atoms with Crippen LogP contribution in [0.1, 0.15) is 36.7 Å². The van der Waals surface area contributed by atoms with Gasteiger partial charge < -0.3 is 15.7 Å². The number of benzene rings is 1. The fourth-order valence-corrected chi connectivity index (χ4v) is 1.65. The number of ketones is 1. The van der Waals surface area contributed by atoms with E-state index < -0.39 is 11.6 Å². The van der Waals surface area contributed by atoms with Gasteiger partial charge in [0.1, 0.15) is 0 Å². The third kappa shape index (κ3) is 4.37. The summed E-state index contributed by atoms with van der Waals surface area (Å²) in [7, 11) is 0. The van der Waals surface area contributed by atoms with Gasteiger partial charge in [-0.3, -0.25) is 4.79 Å². The molecule has 2 amide bonds. The summed E-state index contributed by atoms with van der Waals surface area (Å²) in [6.07, 6.45) is 0. The number of carbonyl (C=O) groups excluding carboxylic acids is 2. The van der Waals surface area contributed by atoms with E-state index in [-0.39, 0.29) is 12.4 Å². The fourth-order valence-electron chi connectivity index (χ4n) is 1.65. The maximum atomic E-state index is 11.7. The summed E-state index contributed by atoms with van der Waals surface area (Å²) in [6.45, 7) is 6.61. The fraction of sp³-hybridized carbons (Fsp3) is 0.429. The Balaban J connectivity index is 2.76. The van der Waals surface area contributed by atoms with Crippen molar-refractivity contribution >= 4 is 17.5 Å². The maximum absolute atomic E-state index is 11.7. The van der Waals surface area contributed by atoms with Crippen molar-refractivity contribution in [3.63, 3.8) is 0 Å². The highest BCUT2D eigenvalue weighted by Crippen LogP contribution is 2.15. The number of hydrogen-bond donors (Lipinski definition) is 3. The molecule has 0 bridgehead atoms. The van der Waals surface area contributed by atoms with Crippen LogP contribution >= 0.6 is 0 Å². The number of Topliss-reactive ketones (excluding diaryl/α,β-unsaturated/α-hetero) is 1. The Hall–Kier alpha value is -1.88. The molecule has 0 aliphatic heterocycles. The molecular formula is C14H20N2O3. The quantitative estimate of drug-likeness (QED) is 0.729. The number of aliphatic hydroxyl groups excluding tert-OH is 1. The lowest BCUT2D eigenvalue weighted by Crippen LogP contribution is -2.48. The molecule has 1 aromatic carbocycles. The second-order valence-electron chi connectivity index (χ2n) is 5.21. The number of urea groups is 1. The molecular weight excluding hydrogens is 244 g/mol. The van der Waals surface area contributed by atoms with Crippen LogP contribution < -0.4 is 10.6 Å². The van der Waals surface area contributed by atoms with Crippen molar-refractivity contribution < 1.29 is 14.7 Å². The monoisotopic (exact) mass is 264 g/mol. The normalized spacial score (nSPS) is 11.0. The molecule has 1 rings (SSSR count). The number of anilines is 1. The van der Waals surface area contributed by atoms with Gasteiger partial charge >= 0.3 is 6.03 Å². The van der Waals surface area contributed by atoms with Gasteiger partial charge in [-0.1, -0.05) is 0 Å². The summed E-state index contributed by atoms with van der Waals surface area (Å²) < 4.78 is 0. The van der Waals surface area contributed by atoms with Crippen molar-refractivity contribution in [2.75, 3.05) is 11.9 Å². The molecule has 0 heterocycles. The first kappa shape index (κ1) is 15.2. The first-order chi connectivity index (χ1) is 8.75. The van der Waals surface area contributed by atoms with E-state index in [4.69, 9.17) is 5.11 Å². The summed E-state index contributed by atoms with van der Waals surface area (Å²) in [5.41, 5.74) is 1.38. The highest BCUT2D eigenvalue weighted by molar-refractivity contribution is 5.97. The smallest absolute Gasteiger partial charge is 0.319 e. The Morgan fingerprint density at radius 1 is 1.32 bits per heavy atom. The molecule has 5 nitrogen and oxygen atoms in total. The van der Waals surface area contributed by atoms with E-state index in [1.807, 2.05) is 6.92 Å². The molecule has 0 aliphatic carbocycles. The third-order valence-corrected chi connectivity index (χ3v) is 2.71. The first-order valence-electron chi connectivity index (χ1n) is 6.07. The van der Waals surface area contributed by atoms with Crippen molar-refractivity contribution in [1.29, 1.82) is 0 Å². The molecule has 104 valence electrons. The van der Waals surface area contributed by atoms with Gasteiger partial charge in [0.15, 0.2) is 5.78 Å². The second-order valence-corrected chi connectivity index (χ2v) is 5.21. The molecule has 0 radical (unpaired) electrons. The van der Waals surface area contributed by atoms with Gasteiger partial charge in [0.05, 0.1) is 12.1 Å². The summed E-state index contributed by atoms with van der Waals surface area (Å²) in [4.78, 5) is 23.0. The number of nitrogens with one attached hydrogen (secondary N) is 2. The highest BCUT2D eigenvalue weighted by Gasteiger charge is 2.19. The van der Waals surface area contributed by atoms with Crippen LogP contribution in [0.5, 0.6) is 0 Å². The van der Waals surface area contributed by atoms with Crippen LogP contribution in [0, 0.1) is 6.92 Å². The summed E-state index contributed by atoms with van der Waals surface area (Å²) in [5, 5.41) is 14.4. The van der Waals surface area contributed by atoms with Gasteiger partial charge in [0, 0.05) is 11.3 Å². The number of carbonyl (C=O) groups is 2. The average Bonchev–Trinajstić information content (AvgIpc) is 2.27. The Labute approximate surface area is 113 Å². The van der Waals surface area contributed by atoms with Crippen molar-refractivity contribution in [3.8, 4) is 0 Å². The van der Waals surface area contributed by atoms with E-state index in [0.29, 0.717) is 11.3 Å². The first-order valence-corrected chi connectivity index (χ1v) is 6.07. The summed E-state index contributed by atoms with van der Waals surface area (Å²) >= 11 is 0. The van der Waals surface area contributed by atoms with Crippen molar-refractivity contribution in [2.45, 2.75) is 33.2 Å². The highest BCUT2D eigenvalue weighted by atomic mass is 16.3. The lowest BCUT2D eigenvalue weighted by Gasteiger charge is -2.23. The van der Waals surface area contributed by atoms with E-state index in [9.17, 15) is 9.59 Å². The largest absolute Gasteiger partial charge is 0.394 e. The SMILES string of the molecule is CC(=O)c1ccc(NC(=O)NC(C)(C)CO)cc1C. The van der Waals surface area contributed by atoms with Crippen LogP contribution in [-0.4, -0.2) is 29.1 Å². The molecule has 0 saturated heterocycles. The predicted octanol–water partition coefficient (Wildman–Crippen LogP) is 2.09. The lowest BCUT2D eigenvalue weighted by atomic mass is 10.0. The maximum Gasteiger partial charge on any atom is 0.319 e. The Morgan fingerprint density at radius 2 is 1.95 bits per heavy atom. The molecule has 0 spiro atoms. The molecule has 0 atom stereocenters. The Morgan fingerprint density at radius 3 is 2.42 bits per heavy atom. The van der Waals surface area contributed by atoms with Crippen LogP contribution in [-0.2, 0) is 0 Å². The van der Waals surface area contributed by atoms with E-state index in [1.165, 1.54) is 6.92 Å². The number of aryl methyl sites for hydroxylation is 1. The molecule has 1 aromatic rings. The number of rotatable bonds is 4. The van der Waals surface area contributed by atoms with Gasteiger partial charge in [-0.05, 0) is 51.5 Å². The Bertz CT molecular complexity index is 495. The predicted molar refractivity (Wildman–Crippen MR) is 74.5 cm³/mol. The zero-order valence-electron chi connectivity index (χ0n) is 11.7. The number of hydrogen-bond acceptors (Lipinski definition) is 3. The number of aliphatic hydroxyl groups is 1. The molecule has 5 heteroatoms. The van der Waals surface area contributed by atoms with Gasteiger partial charge in [-0.25, -0.2) is 4.79 Å². The van der Waals surface area contributed by atoms with Gasteiger partial charge in [0.2, 0.25) is 0 Å². The van der Waals surface area contributed by atoms with E-state index >= 15 is 0 Å². The minimum Gasteiger partial charge on any atom is -0.394 e. The van der Waals surface area contributed by atoms with Crippen LogP contribution in [0.3, 0.4) is 0 Å². The van der Waals surface area contributed by atoms with Gasteiger partial charge in [-0.15, -0.1) is 0 Å². The third-order valence-electron chi connectivity index (χ3n) is 2.71. The van der Waals surface area contributed by atoms with Crippen molar-refractivity contribution in [3.05, 3.63) is 29.3 Å². The molecule has 3 N–H and O–H groups in total. The molecule has 0 aliphatic rings. The molecule has 0 saturated carbocycles. The van der Waals surface area contributed by atoms with Crippen LogP contribution in [0.2, 0.25) is 0 Å². The van der Waals surface area contributed by atoms with E-state index in [0.717, 1.165) is 5.56 Å². The molecule has 19 heavy (non-hydrogen) atoms. The lowest BCUT2D eigenvalue weighted by molar-refractivity contribution is 0.101. The topological polar surface area (TPSA) is 78.4 Å². The zero-order chi connectivity index (χ0) is 14.6. The number of amides is 2. The minimum atomic E-state index is -0.682. The van der Waals surface area contributed by atoms with E-state index in [1.54, 1.807) is 32.0 Å². The van der Waals surface area contributed by atoms with Gasteiger partial charge in [-0.2, -0.15) is 0 Å². The van der Waals surface area contributed by atoms with Crippen LogP contribution in [0.15, 0.2) is 18.2 Å².